The standard InChI is InChI=1S/C10H8BrN3O5/c11-7-2-6(14(18)19)3-12-9(7)13-4-5(10(16)17)1-8(13)15/h2-3,5H,1,4H2,(H,16,17). The van der Waals surface area contributed by atoms with E-state index in [1.165, 1.54) is 11.0 Å². The SMILES string of the molecule is O=C(O)C1CC(=O)N(c2ncc([N+](=O)[O-])cc2Br)C1. The van der Waals surface area contributed by atoms with Crippen LogP contribution in [0, 0.1) is 16.0 Å². The van der Waals surface area contributed by atoms with Crippen molar-refractivity contribution in [3.05, 3.63) is 26.9 Å². The molecule has 8 nitrogen and oxygen atoms in total. The molecule has 1 amide bonds. The van der Waals surface area contributed by atoms with E-state index in [9.17, 15) is 19.7 Å². The number of carboxylic acids is 1. The van der Waals surface area contributed by atoms with E-state index < -0.39 is 16.8 Å². The van der Waals surface area contributed by atoms with Crippen molar-refractivity contribution in [3.8, 4) is 0 Å². The van der Waals surface area contributed by atoms with E-state index in [4.69, 9.17) is 5.11 Å². The molecule has 0 saturated carbocycles. The zero-order valence-electron chi connectivity index (χ0n) is 9.45. The molecule has 1 atom stereocenters. The maximum atomic E-state index is 11.7. The number of nitrogens with zero attached hydrogens (tertiary/aromatic N) is 3. The molecule has 1 fully saturated rings. The summed E-state index contributed by atoms with van der Waals surface area (Å²) in [5.41, 5.74) is -0.211. The van der Waals surface area contributed by atoms with E-state index in [1.54, 1.807) is 0 Å². The van der Waals surface area contributed by atoms with Gasteiger partial charge in [0.2, 0.25) is 5.91 Å². The molecule has 19 heavy (non-hydrogen) atoms. The highest BCUT2D eigenvalue weighted by molar-refractivity contribution is 9.10. The fourth-order valence-corrected chi connectivity index (χ4v) is 2.35. The second-order valence-electron chi connectivity index (χ2n) is 4.00. The number of aliphatic carboxylic acids is 1. The zero-order valence-corrected chi connectivity index (χ0v) is 11.0. The molecule has 0 radical (unpaired) electrons. The summed E-state index contributed by atoms with van der Waals surface area (Å²) in [7, 11) is 0. The molecule has 0 aromatic carbocycles. The fraction of sp³-hybridized carbons (Fsp3) is 0.300. The first kappa shape index (κ1) is 13.4. The van der Waals surface area contributed by atoms with E-state index in [0.29, 0.717) is 0 Å². The molecule has 9 heteroatoms. The van der Waals surface area contributed by atoms with E-state index in [-0.39, 0.29) is 34.9 Å². The van der Waals surface area contributed by atoms with Crippen LogP contribution in [0.5, 0.6) is 0 Å². The van der Waals surface area contributed by atoms with Crippen LogP contribution in [0.4, 0.5) is 11.5 Å². The number of amides is 1. The second kappa shape index (κ2) is 4.92. The van der Waals surface area contributed by atoms with Crippen LogP contribution in [0.15, 0.2) is 16.7 Å². The summed E-state index contributed by atoms with van der Waals surface area (Å²) >= 11 is 3.10. The van der Waals surface area contributed by atoms with Crippen molar-refractivity contribution < 1.29 is 19.6 Å². The molecular weight excluding hydrogens is 322 g/mol. The van der Waals surface area contributed by atoms with Crippen molar-refractivity contribution in [2.75, 3.05) is 11.4 Å². The summed E-state index contributed by atoms with van der Waals surface area (Å²) in [6.07, 6.45) is 0.932. The first-order valence-electron chi connectivity index (χ1n) is 5.23. The number of nitro groups is 1. The van der Waals surface area contributed by atoms with Gasteiger partial charge in [0.15, 0.2) is 0 Å². The predicted molar refractivity (Wildman–Crippen MR) is 66.7 cm³/mol. The molecule has 1 aromatic heterocycles. The molecule has 1 aliphatic heterocycles. The number of carbonyl (C=O) groups excluding carboxylic acids is 1. The maximum Gasteiger partial charge on any atom is 0.308 e. The lowest BCUT2D eigenvalue weighted by Gasteiger charge is -2.15. The fourth-order valence-electron chi connectivity index (χ4n) is 1.80. The summed E-state index contributed by atoms with van der Waals surface area (Å²) in [5.74, 6) is -2.00. The Bertz CT molecular complexity index is 576. The Morgan fingerprint density at radius 1 is 1.63 bits per heavy atom. The van der Waals surface area contributed by atoms with Gasteiger partial charge < -0.3 is 5.11 Å². The van der Waals surface area contributed by atoms with Crippen LogP contribution in [-0.4, -0.2) is 33.4 Å². The van der Waals surface area contributed by atoms with Gasteiger partial charge in [-0.05, 0) is 15.9 Å². The molecule has 1 unspecified atom stereocenters. The van der Waals surface area contributed by atoms with Crippen LogP contribution in [-0.2, 0) is 9.59 Å². The van der Waals surface area contributed by atoms with Gasteiger partial charge in [0, 0.05) is 19.0 Å². The first-order chi connectivity index (χ1) is 8.90. The Morgan fingerprint density at radius 3 is 2.79 bits per heavy atom. The first-order valence-corrected chi connectivity index (χ1v) is 6.02. The number of carbonyl (C=O) groups is 2. The van der Waals surface area contributed by atoms with Crippen LogP contribution in [0.2, 0.25) is 0 Å². The summed E-state index contributed by atoms with van der Waals surface area (Å²) in [4.78, 5) is 37.6. The third kappa shape index (κ3) is 2.55. The van der Waals surface area contributed by atoms with Crippen molar-refractivity contribution in [2.45, 2.75) is 6.42 Å². The van der Waals surface area contributed by atoms with Gasteiger partial charge in [-0.25, -0.2) is 4.98 Å². The van der Waals surface area contributed by atoms with E-state index >= 15 is 0 Å². The molecule has 0 aliphatic carbocycles. The minimum atomic E-state index is -1.05. The Labute approximate surface area is 115 Å². The Balaban J connectivity index is 2.30. The number of halogens is 1. The number of rotatable bonds is 3. The van der Waals surface area contributed by atoms with Gasteiger partial charge in [-0.1, -0.05) is 0 Å². The normalized spacial score (nSPS) is 18.7. The highest BCUT2D eigenvalue weighted by atomic mass is 79.9. The van der Waals surface area contributed by atoms with E-state index in [0.717, 1.165) is 6.20 Å². The van der Waals surface area contributed by atoms with Gasteiger partial charge in [0.1, 0.15) is 12.0 Å². The van der Waals surface area contributed by atoms with Crippen molar-refractivity contribution in [1.29, 1.82) is 0 Å². The molecule has 2 heterocycles. The quantitative estimate of drug-likeness (QED) is 0.658. The summed E-state index contributed by atoms with van der Waals surface area (Å²) < 4.78 is 0.279. The molecule has 1 N–H and O–H groups in total. The topological polar surface area (TPSA) is 114 Å². The van der Waals surface area contributed by atoms with E-state index in [1.807, 2.05) is 0 Å². The van der Waals surface area contributed by atoms with Crippen molar-refractivity contribution in [1.82, 2.24) is 4.98 Å². The average molecular weight is 330 g/mol. The molecule has 1 aromatic rings. The molecule has 0 spiro atoms. The smallest absolute Gasteiger partial charge is 0.308 e. The van der Waals surface area contributed by atoms with Gasteiger partial charge in [-0.2, -0.15) is 0 Å². The van der Waals surface area contributed by atoms with Crippen LogP contribution in [0.25, 0.3) is 0 Å². The van der Waals surface area contributed by atoms with Crippen LogP contribution >= 0.6 is 15.9 Å². The molecular formula is C10H8BrN3O5. The number of anilines is 1. The van der Waals surface area contributed by atoms with Gasteiger partial charge in [0.05, 0.1) is 15.3 Å². The summed E-state index contributed by atoms with van der Waals surface area (Å²) in [6.45, 7) is 0.0115. The highest BCUT2D eigenvalue weighted by Gasteiger charge is 2.36. The maximum absolute atomic E-state index is 11.7. The highest BCUT2D eigenvalue weighted by Crippen LogP contribution is 2.31. The van der Waals surface area contributed by atoms with Gasteiger partial charge in [-0.15, -0.1) is 0 Å². The molecule has 1 saturated heterocycles. The van der Waals surface area contributed by atoms with Gasteiger partial charge in [-0.3, -0.25) is 24.6 Å². The van der Waals surface area contributed by atoms with Crippen LogP contribution in [0.3, 0.4) is 0 Å². The Morgan fingerprint density at radius 2 is 2.32 bits per heavy atom. The van der Waals surface area contributed by atoms with Crippen molar-refractivity contribution >= 4 is 39.3 Å². The van der Waals surface area contributed by atoms with Crippen molar-refractivity contribution in [3.63, 3.8) is 0 Å². The monoisotopic (exact) mass is 329 g/mol. The molecule has 1 aliphatic rings. The largest absolute Gasteiger partial charge is 0.481 e. The van der Waals surface area contributed by atoms with Crippen molar-refractivity contribution in [2.24, 2.45) is 5.92 Å². The Kier molecular flexibility index (Phi) is 3.47. The number of hydrogen-bond acceptors (Lipinski definition) is 5. The summed E-state index contributed by atoms with van der Waals surface area (Å²) in [6, 6.07) is 1.23. The lowest BCUT2D eigenvalue weighted by atomic mass is 10.1. The third-order valence-corrected chi connectivity index (χ3v) is 3.33. The molecule has 2 rings (SSSR count). The number of pyridine rings is 1. The number of aromatic nitrogens is 1. The van der Waals surface area contributed by atoms with E-state index in [2.05, 4.69) is 20.9 Å². The minimum Gasteiger partial charge on any atom is -0.481 e. The molecule has 0 bridgehead atoms. The van der Waals surface area contributed by atoms with Crippen LogP contribution in [0.1, 0.15) is 6.42 Å². The van der Waals surface area contributed by atoms with Gasteiger partial charge in [0.25, 0.3) is 5.69 Å². The van der Waals surface area contributed by atoms with Crippen LogP contribution < -0.4 is 4.90 Å². The lowest BCUT2D eigenvalue weighted by Crippen LogP contribution is -2.27. The average Bonchev–Trinajstić information content (AvgIpc) is 2.71. The Hall–Kier alpha value is -2.03. The third-order valence-electron chi connectivity index (χ3n) is 2.75. The zero-order chi connectivity index (χ0) is 14.2. The number of carboxylic acid groups (broad SMARTS) is 1. The number of hydrogen-bond donors (Lipinski definition) is 1. The predicted octanol–water partition coefficient (Wildman–Crippen LogP) is 1.19. The lowest BCUT2D eigenvalue weighted by molar-refractivity contribution is -0.385. The molecule has 100 valence electrons. The van der Waals surface area contributed by atoms with Gasteiger partial charge >= 0.3 is 5.97 Å². The minimum absolute atomic E-state index is 0.0115. The second-order valence-corrected chi connectivity index (χ2v) is 4.85. The summed E-state index contributed by atoms with van der Waals surface area (Å²) in [5, 5.41) is 19.5.